The predicted molar refractivity (Wildman–Crippen MR) is 484 cm³/mol. The molecule has 15 atom stereocenters. The third-order valence-corrected chi connectivity index (χ3v) is 25.4. The van der Waals surface area contributed by atoms with Crippen LogP contribution in [-0.4, -0.2) is 277 Å². The normalized spacial score (nSPS) is 27.0. The molecular weight excluding hydrogens is 1670 g/mol. The summed E-state index contributed by atoms with van der Waals surface area (Å²) in [5, 5.41) is 52.0. The molecule has 5 aliphatic rings. The Hall–Kier alpha value is -10.1. The van der Waals surface area contributed by atoms with E-state index in [2.05, 4.69) is 46.4 Å². The van der Waals surface area contributed by atoms with Crippen molar-refractivity contribution in [3.8, 4) is 22.4 Å². The molecule has 10 N–H and O–H groups in total. The fourth-order valence-electron chi connectivity index (χ4n) is 17.6. The lowest BCUT2D eigenvalue weighted by Crippen LogP contribution is -2.61. The zero-order valence-corrected chi connectivity index (χ0v) is 76.2. The minimum Gasteiger partial charge on any atom is -0.459 e. The van der Waals surface area contributed by atoms with Gasteiger partial charge in [0, 0.05) is 139 Å². The van der Waals surface area contributed by atoms with Crippen LogP contribution in [0.15, 0.2) is 119 Å². The lowest BCUT2D eigenvalue weighted by atomic mass is 9.80. The van der Waals surface area contributed by atoms with E-state index in [1.54, 1.807) is 50.4 Å². The number of nitrogens with one attached hydrogen (secondary N) is 1. The van der Waals surface area contributed by atoms with Crippen LogP contribution in [0.2, 0.25) is 0 Å². The van der Waals surface area contributed by atoms with E-state index in [4.69, 9.17) is 79.3 Å². The van der Waals surface area contributed by atoms with Crippen LogP contribution in [0.1, 0.15) is 149 Å². The highest BCUT2D eigenvalue weighted by Crippen LogP contribution is 2.39. The Bertz CT molecular complexity index is 5010. The van der Waals surface area contributed by atoms with Crippen LogP contribution < -0.4 is 27.4 Å². The standard InChI is InChI=1S/C94H131N17O19/c1-59-17-10-9-11-18-60(2)78(121-7)51-71-25-22-64(6)94(120,130-71)87(117)90(118)110-30-14-12-21-74(110)91(119)128-79(52-75(112)61(3)46-63(5)85(115)86(116)84(114)62(4)45-59)72(95)48-65-23-26-77(80(49-65)122-8)127-57-66-19-16-20-67(47-66)69-53-99-93(100-54-69)108-34-32-107(33-35-108)55-70-56-109(106-104-70)36-38-124-40-42-126-44-43-125-41-39-123-37-28-81(113)98-29-13-15-31-111-89-82(88(96)101-58-102-89)83(105-111)68-24-27-76-73(50-68)103-92(97)129-76/h9-11,16-20,24,27,46-47,50,53-54,56,58-59,61-62,64-65,71-72,74,77-80,85-86,115-116,120H,12-15,21-23,25-26,28-45,48-49,51-52,55,57,95H2,1-8H3,(H2,97,103)(H,98,113)(H2,96,101,102)/b11-9+,17-10+,60-18+,63-46+/t59?,61?,62?,64-,65?,71+,72-,74?,77?,78?,79+,80-,85?,86+,94-/m1/s1. The van der Waals surface area contributed by atoms with Crippen molar-refractivity contribution >= 4 is 75.0 Å². The highest BCUT2D eigenvalue weighted by Gasteiger charge is 2.53. The number of allylic oxidation sites excluding steroid dienone is 6. The number of nitrogen functional groups attached to an aromatic ring is 2. The van der Waals surface area contributed by atoms with Gasteiger partial charge in [-0.05, 0) is 149 Å². The molecule has 2 amide bonds. The fraction of sp³-hybridized carbons (Fsp3) is 0.596. The summed E-state index contributed by atoms with van der Waals surface area (Å²) < 4.78 is 62.9. The molecule has 4 fully saturated rings. The number of piperidine rings is 1. The van der Waals surface area contributed by atoms with E-state index in [0.717, 1.165) is 77.4 Å². The molecule has 0 radical (unpaired) electrons. The minimum absolute atomic E-state index is 0.0192. The Morgan fingerprint density at radius 3 is 2.25 bits per heavy atom. The van der Waals surface area contributed by atoms with Gasteiger partial charge in [-0.15, -0.1) is 5.10 Å². The maximum Gasteiger partial charge on any atom is 0.329 e. The number of rotatable bonds is 33. The van der Waals surface area contributed by atoms with Gasteiger partial charge >= 0.3 is 5.97 Å². The zero-order valence-electron chi connectivity index (χ0n) is 76.2. The number of unbranched alkanes of at least 4 members (excludes halogenated alkanes) is 1. The summed E-state index contributed by atoms with van der Waals surface area (Å²) in [5.74, 6) is -8.11. The molecule has 9 heterocycles. The number of anilines is 3. The van der Waals surface area contributed by atoms with Gasteiger partial charge in [0.15, 0.2) is 17.0 Å². The summed E-state index contributed by atoms with van der Waals surface area (Å²) in [7, 11) is 3.20. The first-order valence-electron chi connectivity index (χ1n) is 45.7. The molecule has 0 spiro atoms. The second-order valence-electron chi connectivity index (χ2n) is 35.1. The summed E-state index contributed by atoms with van der Waals surface area (Å²) in [6, 6.07) is 11.5. The summed E-state index contributed by atoms with van der Waals surface area (Å²) in [6.45, 7) is 19.1. The number of carbonyl (C=O) groups is 6. The molecule has 2 aromatic carbocycles. The lowest BCUT2D eigenvalue weighted by Gasteiger charge is -2.42. The van der Waals surface area contributed by atoms with Crippen LogP contribution >= 0.6 is 0 Å². The molecule has 36 nitrogen and oxygen atoms in total. The van der Waals surface area contributed by atoms with Crippen LogP contribution in [0.25, 0.3) is 44.5 Å². The molecule has 4 aliphatic heterocycles. The Labute approximate surface area is 758 Å². The molecule has 8 unspecified atom stereocenters. The van der Waals surface area contributed by atoms with Gasteiger partial charge in [-0.25, -0.2) is 34.1 Å². The molecule has 12 rings (SSSR count). The largest absolute Gasteiger partial charge is 0.459 e. The number of aliphatic hydroxyl groups is 3. The average molecular weight is 1800 g/mol. The zero-order chi connectivity index (χ0) is 92.4. The lowest BCUT2D eigenvalue weighted by molar-refractivity contribution is -0.265. The number of carbonyl (C=O) groups excluding carboxylic acids is 6. The van der Waals surface area contributed by atoms with Crippen molar-refractivity contribution in [2.24, 2.45) is 35.3 Å². The number of cyclic esters (lactones) is 1. The molecule has 130 heavy (non-hydrogen) atoms. The van der Waals surface area contributed by atoms with Crippen molar-refractivity contribution < 1.29 is 91.1 Å². The van der Waals surface area contributed by atoms with Crippen LogP contribution in [0.4, 0.5) is 17.8 Å². The predicted octanol–water partition coefficient (Wildman–Crippen LogP) is 7.98. The molecule has 1 aliphatic carbocycles. The van der Waals surface area contributed by atoms with Gasteiger partial charge in [0.2, 0.25) is 17.6 Å². The molecule has 706 valence electrons. The van der Waals surface area contributed by atoms with Gasteiger partial charge in [-0.3, -0.25) is 28.9 Å². The van der Waals surface area contributed by atoms with Crippen molar-refractivity contribution in [2.45, 2.75) is 225 Å². The number of Topliss-reactive ketones (excluding diaryl/α,β-unsaturated/α-hetero) is 3. The highest BCUT2D eigenvalue weighted by atomic mass is 16.6. The fourth-order valence-corrected chi connectivity index (χ4v) is 17.6. The highest BCUT2D eigenvalue weighted by molar-refractivity contribution is 6.39. The number of hydrogen-bond acceptors (Lipinski definition) is 32. The van der Waals surface area contributed by atoms with Gasteiger partial charge in [0.05, 0.1) is 102 Å². The first-order valence-corrected chi connectivity index (χ1v) is 45.7. The van der Waals surface area contributed by atoms with E-state index in [-0.39, 0.29) is 80.4 Å². The number of nitrogens with zero attached hydrogens (tertiary/aromatic N) is 13. The number of oxazole rings is 1. The Morgan fingerprint density at radius 1 is 0.746 bits per heavy atom. The molecule has 36 heteroatoms. The van der Waals surface area contributed by atoms with Crippen molar-refractivity contribution in [2.75, 3.05) is 123 Å². The first kappa shape index (κ1) is 99.0. The number of esters is 1. The van der Waals surface area contributed by atoms with Crippen LogP contribution in [0.5, 0.6) is 0 Å². The van der Waals surface area contributed by atoms with Gasteiger partial charge < -0.3 is 94.7 Å². The summed E-state index contributed by atoms with van der Waals surface area (Å²) in [5.41, 5.74) is 27.0. The monoisotopic (exact) mass is 1800 g/mol. The number of ether oxygens (including phenoxy) is 9. The van der Waals surface area contributed by atoms with E-state index in [0.29, 0.717) is 176 Å². The summed E-state index contributed by atoms with van der Waals surface area (Å²) in [6.07, 6.45) is 17.7. The molecule has 5 aromatic heterocycles. The molecule has 1 saturated carbocycles. The number of benzene rings is 2. The van der Waals surface area contributed by atoms with Gasteiger partial charge in [0.1, 0.15) is 53.5 Å². The molecule has 2 bridgehead atoms. The maximum atomic E-state index is 14.8. The summed E-state index contributed by atoms with van der Waals surface area (Å²) >= 11 is 0. The number of nitrogens with two attached hydrogens (primary N) is 3. The molecule has 7 aromatic rings. The average Bonchev–Trinajstić information content (AvgIpc) is 0.917. The number of amides is 2. The van der Waals surface area contributed by atoms with Crippen molar-refractivity contribution in [3.63, 3.8) is 0 Å². The van der Waals surface area contributed by atoms with Crippen LogP contribution in [0.3, 0.4) is 0 Å². The Kier molecular flexibility index (Phi) is 36.8. The number of piperazine rings is 1. The third-order valence-electron chi connectivity index (χ3n) is 25.4. The van der Waals surface area contributed by atoms with Crippen molar-refractivity contribution in [1.82, 2.24) is 64.8 Å². The number of hydrogen-bond donors (Lipinski definition) is 7. The van der Waals surface area contributed by atoms with Crippen LogP contribution in [-0.2, 0) is 97.6 Å². The van der Waals surface area contributed by atoms with E-state index in [1.165, 1.54) is 19.3 Å². The Balaban J connectivity index is 0.537. The maximum absolute atomic E-state index is 14.8. The van der Waals surface area contributed by atoms with Gasteiger partial charge in [-0.1, -0.05) is 87.6 Å². The number of methoxy groups -OCH3 is 2. The third kappa shape index (κ3) is 27.1. The smallest absolute Gasteiger partial charge is 0.329 e. The van der Waals surface area contributed by atoms with Crippen LogP contribution in [0, 0.1) is 29.6 Å². The summed E-state index contributed by atoms with van der Waals surface area (Å²) in [4.78, 5) is 113. The second kappa shape index (κ2) is 48.4. The molecule has 3 saturated heterocycles. The second-order valence-corrected chi connectivity index (χ2v) is 35.1. The molecular formula is C94H131N17O19. The first-order chi connectivity index (χ1) is 62.7. The number of aliphatic hydroxyl groups excluding tert-OH is 2. The quantitative estimate of drug-likeness (QED) is 0.00886. The van der Waals surface area contributed by atoms with Crippen molar-refractivity contribution in [3.05, 3.63) is 126 Å². The number of aryl methyl sites for hydroxylation is 1. The van der Waals surface area contributed by atoms with E-state index >= 15 is 0 Å². The van der Waals surface area contributed by atoms with E-state index in [9.17, 15) is 44.1 Å². The van der Waals surface area contributed by atoms with Crippen molar-refractivity contribution in [1.29, 1.82) is 0 Å². The topological polar surface area (TPSA) is 472 Å². The number of ketones is 3. The van der Waals surface area contributed by atoms with E-state index in [1.807, 2.05) is 93.1 Å². The van der Waals surface area contributed by atoms with Gasteiger partial charge in [0.25, 0.3) is 17.7 Å². The number of aromatic nitrogens is 10. The Morgan fingerprint density at radius 2 is 1.50 bits per heavy atom. The van der Waals surface area contributed by atoms with Gasteiger partial charge in [-0.2, -0.15) is 10.1 Å². The SMILES string of the molecule is COC1C[C@@H]2CC[C@@H](C)[C@@](O)(O2)C(=O)C(=O)N2CCCCC2C(=O)O[C@H]([C@H](N)CC2CCC(OCc3cccc(-c4cnc(N5CCN(Cc6cn(CCOCCOCCOCCOCCC(=O)NCCCCn7nc(-c8ccc9oc(N)nc9c8)c8c(N)ncnc87)nn6)CC5)nc4)c3)[C@H](OC)C2)CC(=O)C(C)/C=C(\C)C(O)[C@@H](O)C(=O)C(C)CC(C)/C=C/C=C/C=C/1C. The minimum atomic E-state index is -2.50. The number of fused-ring (bicyclic) bond motifs is 5. The van der Waals surface area contributed by atoms with E-state index < -0.39 is 95.4 Å².